The Kier molecular flexibility index (Phi) is 3.75. The topological polar surface area (TPSA) is 35.2 Å². The summed E-state index contributed by atoms with van der Waals surface area (Å²) in [5.74, 6) is 1.25. The first kappa shape index (κ1) is 10.5. The van der Waals surface area contributed by atoms with Crippen LogP contribution in [0.2, 0.25) is 0 Å². The van der Waals surface area contributed by atoms with Gasteiger partial charge >= 0.3 is 0 Å². The SMILES string of the molecule is COc1ccc(C(C)CN)cc1Br. The van der Waals surface area contributed by atoms with E-state index in [4.69, 9.17) is 10.5 Å². The van der Waals surface area contributed by atoms with Crippen LogP contribution in [0.1, 0.15) is 18.4 Å². The molecule has 0 saturated carbocycles. The summed E-state index contributed by atoms with van der Waals surface area (Å²) in [7, 11) is 1.66. The van der Waals surface area contributed by atoms with Gasteiger partial charge in [0.15, 0.2) is 0 Å². The summed E-state index contributed by atoms with van der Waals surface area (Å²) in [6, 6.07) is 6.04. The average Bonchev–Trinajstić information content (AvgIpc) is 2.16. The standard InChI is InChI=1S/C10H14BrNO/c1-7(6-12)8-3-4-10(13-2)9(11)5-8/h3-5,7H,6,12H2,1-2H3. The molecule has 0 radical (unpaired) electrons. The highest BCUT2D eigenvalue weighted by Crippen LogP contribution is 2.28. The van der Waals surface area contributed by atoms with Crippen molar-refractivity contribution in [3.05, 3.63) is 28.2 Å². The van der Waals surface area contributed by atoms with E-state index in [0.29, 0.717) is 12.5 Å². The van der Waals surface area contributed by atoms with Gasteiger partial charge in [0.25, 0.3) is 0 Å². The molecule has 0 amide bonds. The number of benzene rings is 1. The lowest BCUT2D eigenvalue weighted by Crippen LogP contribution is -2.08. The van der Waals surface area contributed by atoms with E-state index in [1.54, 1.807) is 7.11 Å². The minimum atomic E-state index is 0.391. The van der Waals surface area contributed by atoms with Gasteiger partial charge in [-0.05, 0) is 46.1 Å². The summed E-state index contributed by atoms with van der Waals surface area (Å²) < 4.78 is 6.11. The molecule has 0 aliphatic rings. The molecule has 3 heteroatoms. The van der Waals surface area contributed by atoms with Crippen LogP contribution in [0.25, 0.3) is 0 Å². The lowest BCUT2D eigenvalue weighted by atomic mass is 10.0. The molecule has 1 atom stereocenters. The molecular weight excluding hydrogens is 230 g/mol. The first-order chi connectivity index (χ1) is 6.19. The first-order valence-electron chi connectivity index (χ1n) is 4.22. The van der Waals surface area contributed by atoms with E-state index in [0.717, 1.165) is 10.2 Å². The summed E-state index contributed by atoms with van der Waals surface area (Å²) in [4.78, 5) is 0. The second kappa shape index (κ2) is 4.63. The van der Waals surface area contributed by atoms with Gasteiger partial charge in [-0.15, -0.1) is 0 Å². The van der Waals surface area contributed by atoms with Crippen molar-refractivity contribution < 1.29 is 4.74 Å². The fourth-order valence-electron chi connectivity index (χ4n) is 1.13. The maximum atomic E-state index is 5.58. The van der Waals surface area contributed by atoms with Crippen LogP contribution in [0.15, 0.2) is 22.7 Å². The number of methoxy groups -OCH3 is 1. The number of rotatable bonds is 3. The number of nitrogens with two attached hydrogens (primary N) is 1. The Morgan fingerprint density at radius 2 is 2.23 bits per heavy atom. The maximum absolute atomic E-state index is 5.58. The second-order valence-electron chi connectivity index (χ2n) is 3.03. The Bertz CT molecular complexity index is 288. The van der Waals surface area contributed by atoms with Crippen LogP contribution in [0.4, 0.5) is 0 Å². The van der Waals surface area contributed by atoms with Crippen LogP contribution in [0, 0.1) is 0 Å². The summed E-state index contributed by atoms with van der Waals surface area (Å²) in [6.07, 6.45) is 0. The number of hydrogen-bond donors (Lipinski definition) is 1. The molecule has 0 aromatic heterocycles. The van der Waals surface area contributed by atoms with Gasteiger partial charge in [0, 0.05) is 0 Å². The second-order valence-corrected chi connectivity index (χ2v) is 3.89. The molecule has 0 saturated heterocycles. The number of halogens is 1. The molecule has 72 valence electrons. The number of ether oxygens (including phenoxy) is 1. The molecule has 0 aliphatic carbocycles. The molecule has 0 bridgehead atoms. The lowest BCUT2D eigenvalue weighted by molar-refractivity contribution is 0.412. The smallest absolute Gasteiger partial charge is 0.133 e. The highest BCUT2D eigenvalue weighted by atomic mass is 79.9. The Labute approximate surface area is 87.2 Å². The molecule has 13 heavy (non-hydrogen) atoms. The minimum absolute atomic E-state index is 0.391. The molecule has 2 N–H and O–H groups in total. The summed E-state index contributed by atoms with van der Waals surface area (Å²) in [5.41, 5.74) is 6.81. The predicted octanol–water partition coefficient (Wildman–Crippen LogP) is 2.52. The van der Waals surface area contributed by atoms with Gasteiger partial charge in [-0.2, -0.15) is 0 Å². The molecule has 0 heterocycles. The largest absolute Gasteiger partial charge is 0.496 e. The van der Waals surface area contributed by atoms with E-state index in [2.05, 4.69) is 28.9 Å². The van der Waals surface area contributed by atoms with Gasteiger partial charge in [-0.1, -0.05) is 13.0 Å². The van der Waals surface area contributed by atoms with E-state index >= 15 is 0 Å². The van der Waals surface area contributed by atoms with Gasteiger partial charge in [0.1, 0.15) is 5.75 Å². The molecule has 1 aromatic carbocycles. The average molecular weight is 244 g/mol. The Morgan fingerprint density at radius 1 is 1.54 bits per heavy atom. The molecule has 1 rings (SSSR count). The third kappa shape index (κ3) is 2.45. The van der Waals surface area contributed by atoms with E-state index in [-0.39, 0.29) is 0 Å². The maximum Gasteiger partial charge on any atom is 0.133 e. The Morgan fingerprint density at radius 3 is 2.69 bits per heavy atom. The van der Waals surface area contributed by atoms with Gasteiger partial charge in [-0.25, -0.2) is 0 Å². The van der Waals surface area contributed by atoms with Crippen molar-refractivity contribution in [1.82, 2.24) is 0 Å². The van der Waals surface area contributed by atoms with Crippen molar-refractivity contribution in [2.24, 2.45) is 5.73 Å². The molecule has 0 spiro atoms. The monoisotopic (exact) mass is 243 g/mol. The van der Waals surface area contributed by atoms with Crippen molar-refractivity contribution in [2.75, 3.05) is 13.7 Å². The summed E-state index contributed by atoms with van der Waals surface area (Å²) in [5, 5.41) is 0. The quantitative estimate of drug-likeness (QED) is 0.886. The van der Waals surface area contributed by atoms with Crippen molar-refractivity contribution >= 4 is 15.9 Å². The van der Waals surface area contributed by atoms with Crippen LogP contribution < -0.4 is 10.5 Å². The third-order valence-corrected chi connectivity index (χ3v) is 2.72. The van der Waals surface area contributed by atoms with Gasteiger partial charge in [0.2, 0.25) is 0 Å². The van der Waals surface area contributed by atoms with Gasteiger partial charge < -0.3 is 10.5 Å². The van der Waals surface area contributed by atoms with E-state index < -0.39 is 0 Å². The first-order valence-corrected chi connectivity index (χ1v) is 5.01. The Hall–Kier alpha value is -0.540. The zero-order valence-electron chi connectivity index (χ0n) is 7.88. The lowest BCUT2D eigenvalue weighted by Gasteiger charge is -2.10. The fraction of sp³-hybridized carbons (Fsp3) is 0.400. The molecule has 1 unspecified atom stereocenters. The zero-order chi connectivity index (χ0) is 9.84. The van der Waals surface area contributed by atoms with Crippen molar-refractivity contribution in [1.29, 1.82) is 0 Å². The summed E-state index contributed by atoms with van der Waals surface area (Å²) in [6.45, 7) is 2.77. The fourth-order valence-corrected chi connectivity index (χ4v) is 1.68. The van der Waals surface area contributed by atoms with Crippen LogP contribution >= 0.6 is 15.9 Å². The molecule has 1 aromatic rings. The highest BCUT2D eigenvalue weighted by Gasteiger charge is 2.06. The minimum Gasteiger partial charge on any atom is -0.496 e. The van der Waals surface area contributed by atoms with Crippen LogP contribution in [0.5, 0.6) is 5.75 Å². The summed E-state index contributed by atoms with van der Waals surface area (Å²) >= 11 is 3.44. The van der Waals surface area contributed by atoms with Crippen molar-refractivity contribution in [2.45, 2.75) is 12.8 Å². The zero-order valence-corrected chi connectivity index (χ0v) is 9.47. The number of hydrogen-bond acceptors (Lipinski definition) is 2. The predicted molar refractivity (Wildman–Crippen MR) is 58.2 cm³/mol. The van der Waals surface area contributed by atoms with E-state index in [1.165, 1.54) is 5.56 Å². The molecule has 0 aliphatic heterocycles. The van der Waals surface area contributed by atoms with Gasteiger partial charge in [0.05, 0.1) is 11.6 Å². The van der Waals surface area contributed by atoms with E-state index in [9.17, 15) is 0 Å². The molecule has 0 fully saturated rings. The van der Waals surface area contributed by atoms with E-state index in [1.807, 2.05) is 12.1 Å². The van der Waals surface area contributed by atoms with Crippen LogP contribution in [-0.4, -0.2) is 13.7 Å². The van der Waals surface area contributed by atoms with Crippen LogP contribution in [-0.2, 0) is 0 Å². The van der Waals surface area contributed by atoms with Crippen molar-refractivity contribution in [3.63, 3.8) is 0 Å². The Balaban J connectivity index is 2.95. The third-order valence-electron chi connectivity index (χ3n) is 2.10. The van der Waals surface area contributed by atoms with Gasteiger partial charge in [-0.3, -0.25) is 0 Å². The highest BCUT2D eigenvalue weighted by molar-refractivity contribution is 9.10. The molecule has 2 nitrogen and oxygen atoms in total. The van der Waals surface area contributed by atoms with Crippen LogP contribution in [0.3, 0.4) is 0 Å². The molecular formula is C10H14BrNO. The normalized spacial score (nSPS) is 12.6. The van der Waals surface area contributed by atoms with Crippen molar-refractivity contribution in [3.8, 4) is 5.75 Å².